The zero-order valence-corrected chi connectivity index (χ0v) is 14.6. The Bertz CT molecular complexity index is 883. The predicted molar refractivity (Wildman–Crippen MR) is 100 cm³/mol. The van der Waals surface area contributed by atoms with E-state index in [0.717, 1.165) is 12.8 Å². The third-order valence-corrected chi connectivity index (χ3v) is 5.95. The van der Waals surface area contributed by atoms with Crippen molar-refractivity contribution in [2.75, 3.05) is 13.1 Å². The predicted octanol–water partition coefficient (Wildman–Crippen LogP) is 5.18. The molecule has 128 valence electrons. The first-order valence-electron chi connectivity index (χ1n) is 8.53. The molecule has 2 heterocycles. The van der Waals surface area contributed by atoms with E-state index in [-0.39, 0.29) is 0 Å². The van der Waals surface area contributed by atoms with Gasteiger partial charge in [-0.05, 0) is 36.5 Å². The molecule has 4 rings (SSSR count). The summed E-state index contributed by atoms with van der Waals surface area (Å²) in [4.78, 5) is 18.5. The topological polar surface area (TPSA) is 56.3 Å². The van der Waals surface area contributed by atoms with Gasteiger partial charge in [-0.15, -0.1) is 0 Å². The van der Waals surface area contributed by atoms with Crippen LogP contribution in [0, 0.1) is 0 Å². The monoisotopic (exact) mass is 352 g/mol. The molecular weight excluding hydrogens is 332 g/mol. The number of aromatic nitrogens is 1. The Balaban J connectivity index is 1.60. The summed E-state index contributed by atoms with van der Waals surface area (Å²) in [6, 6.07) is 16.8. The molecule has 0 bridgehead atoms. The van der Waals surface area contributed by atoms with Crippen molar-refractivity contribution in [2.24, 2.45) is 0 Å². The number of rotatable bonds is 3. The van der Waals surface area contributed by atoms with Gasteiger partial charge in [-0.1, -0.05) is 48.2 Å². The minimum Gasteiger partial charge on any atom is -0.465 e. The molecule has 0 unspecified atom stereocenters. The summed E-state index contributed by atoms with van der Waals surface area (Å²) in [7, 11) is 0. The molecule has 2 aromatic carbocycles. The number of likely N-dealkylation sites (tertiary alicyclic amines) is 1. The van der Waals surface area contributed by atoms with E-state index in [4.69, 9.17) is 5.11 Å². The molecular formula is C20H20N2O2S. The number of piperidine rings is 1. The van der Waals surface area contributed by atoms with Gasteiger partial charge >= 0.3 is 6.09 Å². The van der Waals surface area contributed by atoms with Crippen LogP contribution in [0.5, 0.6) is 0 Å². The van der Waals surface area contributed by atoms with E-state index in [9.17, 15) is 4.79 Å². The number of H-pyrrole nitrogens is 1. The molecule has 1 fully saturated rings. The molecule has 1 aliphatic heterocycles. The highest BCUT2D eigenvalue weighted by atomic mass is 32.2. The third kappa shape index (κ3) is 3.24. The van der Waals surface area contributed by atoms with Crippen molar-refractivity contribution in [1.82, 2.24) is 9.88 Å². The number of carbonyl (C=O) groups is 1. The van der Waals surface area contributed by atoms with Gasteiger partial charge in [-0.2, -0.15) is 0 Å². The Hall–Kier alpha value is -2.40. The molecule has 5 heteroatoms. The SMILES string of the molecule is O=C(O)N1CCC(c2cccc3c(Sc4ccccc4)c[nH]c23)CC1. The van der Waals surface area contributed by atoms with Crippen molar-refractivity contribution >= 4 is 28.8 Å². The highest BCUT2D eigenvalue weighted by Crippen LogP contribution is 2.38. The number of carboxylic acid groups (broad SMARTS) is 1. The number of hydrogen-bond donors (Lipinski definition) is 2. The number of nitrogens with zero attached hydrogens (tertiary/aromatic N) is 1. The molecule has 3 aromatic rings. The first-order valence-corrected chi connectivity index (χ1v) is 9.35. The molecule has 2 N–H and O–H groups in total. The number of hydrogen-bond acceptors (Lipinski definition) is 2. The molecule has 1 aromatic heterocycles. The van der Waals surface area contributed by atoms with Crippen LogP contribution >= 0.6 is 11.8 Å². The number of amides is 1. The number of aromatic amines is 1. The maximum absolute atomic E-state index is 11.1. The van der Waals surface area contributed by atoms with Crippen molar-refractivity contribution in [1.29, 1.82) is 0 Å². The van der Waals surface area contributed by atoms with Gasteiger partial charge in [0, 0.05) is 34.5 Å². The summed E-state index contributed by atoms with van der Waals surface area (Å²) in [5.41, 5.74) is 2.50. The first-order chi connectivity index (χ1) is 12.2. The van der Waals surface area contributed by atoms with Crippen molar-refractivity contribution in [3.05, 3.63) is 60.3 Å². The number of para-hydroxylation sites is 1. The van der Waals surface area contributed by atoms with Crippen LogP contribution in [-0.2, 0) is 0 Å². The molecule has 4 nitrogen and oxygen atoms in total. The van der Waals surface area contributed by atoms with Gasteiger partial charge in [0.2, 0.25) is 0 Å². The number of benzene rings is 2. The fraction of sp³-hybridized carbons (Fsp3) is 0.250. The summed E-state index contributed by atoms with van der Waals surface area (Å²) in [6.45, 7) is 1.23. The van der Waals surface area contributed by atoms with Crippen LogP contribution in [0.4, 0.5) is 4.79 Å². The van der Waals surface area contributed by atoms with Crippen molar-refractivity contribution < 1.29 is 9.90 Å². The van der Waals surface area contributed by atoms with E-state index in [2.05, 4.69) is 53.6 Å². The number of nitrogens with one attached hydrogen (secondary N) is 1. The van der Waals surface area contributed by atoms with Crippen molar-refractivity contribution in [3.8, 4) is 0 Å². The maximum atomic E-state index is 11.1. The quantitative estimate of drug-likeness (QED) is 0.683. The van der Waals surface area contributed by atoms with Crippen LogP contribution in [0.3, 0.4) is 0 Å². The third-order valence-electron chi connectivity index (χ3n) is 4.89. The Labute approximate surface area is 150 Å². The average molecular weight is 352 g/mol. The molecule has 0 spiro atoms. The smallest absolute Gasteiger partial charge is 0.407 e. The van der Waals surface area contributed by atoms with Gasteiger partial charge in [0.15, 0.2) is 0 Å². The van der Waals surface area contributed by atoms with Crippen LogP contribution in [0.25, 0.3) is 10.9 Å². The Morgan fingerprint density at radius 1 is 1.08 bits per heavy atom. The normalized spacial score (nSPS) is 15.6. The van der Waals surface area contributed by atoms with Gasteiger partial charge in [-0.25, -0.2) is 4.79 Å². The Morgan fingerprint density at radius 3 is 2.56 bits per heavy atom. The highest BCUT2D eigenvalue weighted by Gasteiger charge is 2.25. The van der Waals surface area contributed by atoms with Crippen LogP contribution < -0.4 is 0 Å². The second-order valence-electron chi connectivity index (χ2n) is 6.38. The molecule has 0 atom stereocenters. The van der Waals surface area contributed by atoms with E-state index in [1.807, 2.05) is 6.07 Å². The minimum absolute atomic E-state index is 0.410. The highest BCUT2D eigenvalue weighted by molar-refractivity contribution is 7.99. The van der Waals surface area contributed by atoms with Gasteiger partial charge in [0.1, 0.15) is 0 Å². The zero-order valence-electron chi connectivity index (χ0n) is 13.8. The van der Waals surface area contributed by atoms with E-state index in [1.54, 1.807) is 11.8 Å². The summed E-state index contributed by atoms with van der Waals surface area (Å²) in [6.07, 6.45) is 3.04. The fourth-order valence-electron chi connectivity index (χ4n) is 3.57. The molecule has 0 radical (unpaired) electrons. The van der Waals surface area contributed by atoms with Crippen LogP contribution in [0.1, 0.15) is 24.3 Å². The maximum Gasteiger partial charge on any atom is 0.407 e. The lowest BCUT2D eigenvalue weighted by Gasteiger charge is -2.30. The molecule has 0 aliphatic carbocycles. The van der Waals surface area contributed by atoms with E-state index < -0.39 is 6.09 Å². The van der Waals surface area contributed by atoms with Gasteiger partial charge in [0.05, 0.1) is 5.52 Å². The zero-order chi connectivity index (χ0) is 17.2. The Kier molecular flexibility index (Phi) is 4.40. The standard InChI is InChI=1S/C20H20N2O2S/c23-20(24)22-11-9-14(10-12-22)16-7-4-8-17-18(13-21-19(16)17)25-15-5-2-1-3-6-15/h1-8,13-14,21H,9-12H2,(H,23,24). The van der Waals surface area contributed by atoms with E-state index in [1.165, 1.54) is 31.2 Å². The van der Waals surface area contributed by atoms with E-state index in [0.29, 0.717) is 19.0 Å². The van der Waals surface area contributed by atoms with Crippen LogP contribution in [0.2, 0.25) is 0 Å². The van der Waals surface area contributed by atoms with Gasteiger partial charge in [0.25, 0.3) is 0 Å². The summed E-state index contributed by atoms with van der Waals surface area (Å²) in [5.74, 6) is 0.410. The lowest BCUT2D eigenvalue weighted by Crippen LogP contribution is -2.36. The molecule has 1 saturated heterocycles. The van der Waals surface area contributed by atoms with E-state index >= 15 is 0 Å². The second kappa shape index (κ2) is 6.84. The van der Waals surface area contributed by atoms with Gasteiger partial charge < -0.3 is 15.0 Å². The second-order valence-corrected chi connectivity index (χ2v) is 7.50. The van der Waals surface area contributed by atoms with Crippen molar-refractivity contribution in [2.45, 2.75) is 28.6 Å². The fourth-order valence-corrected chi connectivity index (χ4v) is 4.52. The summed E-state index contributed by atoms with van der Waals surface area (Å²) in [5, 5.41) is 10.4. The molecule has 0 saturated carbocycles. The first kappa shape index (κ1) is 16.1. The van der Waals surface area contributed by atoms with Crippen LogP contribution in [-0.4, -0.2) is 34.2 Å². The summed E-state index contributed by atoms with van der Waals surface area (Å²) < 4.78 is 0. The lowest BCUT2D eigenvalue weighted by molar-refractivity contribution is 0.132. The molecule has 1 amide bonds. The summed E-state index contributed by atoms with van der Waals surface area (Å²) >= 11 is 1.77. The Morgan fingerprint density at radius 2 is 1.84 bits per heavy atom. The largest absolute Gasteiger partial charge is 0.465 e. The van der Waals surface area contributed by atoms with Crippen LogP contribution in [0.15, 0.2) is 64.5 Å². The van der Waals surface area contributed by atoms with Gasteiger partial charge in [-0.3, -0.25) is 0 Å². The minimum atomic E-state index is -0.807. The molecule has 1 aliphatic rings. The average Bonchev–Trinajstić information content (AvgIpc) is 3.06. The van der Waals surface area contributed by atoms with Crippen molar-refractivity contribution in [3.63, 3.8) is 0 Å². The molecule has 25 heavy (non-hydrogen) atoms. The number of fused-ring (bicyclic) bond motifs is 1. The lowest BCUT2D eigenvalue weighted by atomic mass is 9.88.